The number of amides is 1. The molecule has 0 radical (unpaired) electrons. The van der Waals surface area contributed by atoms with Crippen LogP contribution in [0.15, 0.2) is 51.6 Å². The lowest BCUT2D eigenvalue weighted by Gasteiger charge is -2.20. The van der Waals surface area contributed by atoms with Crippen LogP contribution in [-0.4, -0.2) is 11.9 Å². The first kappa shape index (κ1) is 15.8. The highest BCUT2D eigenvalue weighted by molar-refractivity contribution is 9.10. The Balaban J connectivity index is 1.83. The number of benzene rings is 1. The molecule has 0 aliphatic carbocycles. The highest BCUT2D eigenvalue weighted by Crippen LogP contribution is 2.16. The van der Waals surface area contributed by atoms with Crippen LogP contribution in [0.3, 0.4) is 0 Å². The maximum Gasteiger partial charge on any atom is 0.237 e. The van der Waals surface area contributed by atoms with Crippen molar-refractivity contribution < 1.29 is 9.21 Å². The molecule has 2 aromatic rings. The molecule has 0 bridgehead atoms. The smallest absolute Gasteiger partial charge is 0.237 e. The van der Waals surface area contributed by atoms with Crippen LogP contribution in [0.2, 0.25) is 0 Å². The lowest BCUT2D eigenvalue weighted by Crippen LogP contribution is -2.42. The molecule has 0 spiro atoms. The average molecular weight is 351 g/mol. The molecule has 21 heavy (non-hydrogen) atoms. The van der Waals surface area contributed by atoms with Gasteiger partial charge in [-0.25, -0.2) is 0 Å². The normalized spacial score (nSPS) is 13.7. The van der Waals surface area contributed by atoms with Crippen LogP contribution in [0, 0.1) is 0 Å². The lowest BCUT2D eigenvalue weighted by atomic mass is 10.1. The summed E-state index contributed by atoms with van der Waals surface area (Å²) in [6.07, 6.45) is 1.60. The Morgan fingerprint density at radius 2 is 1.95 bits per heavy atom. The summed E-state index contributed by atoms with van der Waals surface area (Å²) in [7, 11) is 0. The number of hydrogen-bond donors (Lipinski definition) is 2. The zero-order valence-electron chi connectivity index (χ0n) is 12.1. The Morgan fingerprint density at radius 1 is 1.24 bits per heavy atom. The van der Waals surface area contributed by atoms with Crippen molar-refractivity contribution in [3.63, 3.8) is 0 Å². The minimum absolute atomic E-state index is 0.0460. The van der Waals surface area contributed by atoms with E-state index < -0.39 is 0 Å². The van der Waals surface area contributed by atoms with Crippen LogP contribution in [0.5, 0.6) is 0 Å². The van der Waals surface area contributed by atoms with Crippen molar-refractivity contribution in [1.29, 1.82) is 0 Å². The monoisotopic (exact) mass is 350 g/mol. The summed E-state index contributed by atoms with van der Waals surface area (Å²) in [4.78, 5) is 12.0. The van der Waals surface area contributed by atoms with Crippen molar-refractivity contribution in [1.82, 2.24) is 10.6 Å². The molecule has 0 aliphatic rings. The fourth-order valence-corrected chi connectivity index (χ4v) is 2.30. The molecule has 0 fully saturated rings. The minimum Gasteiger partial charge on any atom is -0.467 e. The van der Waals surface area contributed by atoms with Gasteiger partial charge >= 0.3 is 0 Å². The van der Waals surface area contributed by atoms with Crippen LogP contribution in [0.1, 0.15) is 31.2 Å². The number of hydrogen-bond acceptors (Lipinski definition) is 3. The maximum absolute atomic E-state index is 12.0. The van der Waals surface area contributed by atoms with Gasteiger partial charge in [0.2, 0.25) is 5.91 Å². The van der Waals surface area contributed by atoms with Gasteiger partial charge in [0.05, 0.1) is 18.8 Å². The molecule has 0 saturated heterocycles. The van der Waals surface area contributed by atoms with Crippen molar-refractivity contribution in [2.75, 3.05) is 0 Å². The standard InChI is InChI=1S/C16H19BrN2O2/c1-11(13-5-7-14(17)8-6-13)19-12(2)16(20)18-10-15-4-3-9-21-15/h3-9,11-12,19H,10H2,1-2H3,(H,18,20)/t11-,12?/m1/s1. The largest absolute Gasteiger partial charge is 0.467 e. The van der Waals surface area contributed by atoms with Crippen molar-refractivity contribution in [3.05, 3.63) is 58.5 Å². The fourth-order valence-electron chi connectivity index (χ4n) is 2.04. The summed E-state index contributed by atoms with van der Waals surface area (Å²) in [5.41, 5.74) is 1.14. The number of carbonyl (C=O) groups is 1. The highest BCUT2D eigenvalue weighted by Gasteiger charge is 2.16. The van der Waals surface area contributed by atoms with Crippen molar-refractivity contribution in [2.24, 2.45) is 0 Å². The van der Waals surface area contributed by atoms with Gasteiger partial charge in [0.25, 0.3) is 0 Å². The Kier molecular flexibility index (Phi) is 5.59. The van der Waals surface area contributed by atoms with E-state index in [2.05, 4.69) is 26.6 Å². The topological polar surface area (TPSA) is 54.3 Å². The maximum atomic E-state index is 12.0. The van der Waals surface area contributed by atoms with Crippen molar-refractivity contribution >= 4 is 21.8 Å². The zero-order chi connectivity index (χ0) is 15.2. The third-order valence-electron chi connectivity index (χ3n) is 3.28. The summed E-state index contributed by atoms with van der Waals surface area (Å²) in [5, 5.41) is 6.14. The molecule has 2 rings (SSSR count). The molecule has 1 amide bonds. The molecule has 0 saturated carbocycles. The van der Waals surface area contributed by atoms with Crippen molar-refractivity contribution in [3.8, 4) is 0 Å². The Morgan fingerprint density at radius 3 is 2.57 bits per heavy atom. The molecule has 1 heterocycles. The van der Waals surface area contributed by atoms with Crippen LogP contribution >= 0.6 is 15.9 Å². The van der Waals surface area contributed by atoms with Gasteiger partial charge in [-0.05, 0) is 43.7 Å². The van der Waals surface area contributed by atoms with E-state index in [1.807, 2.05) is 44.2 Å². The Labute approximate surface area is 133 Å². The molecular formula is C16H19BrN2O2. The van der Waals surface area contributed by atoms with Gasteiger partial charge in [0, 0.05) is 10.5 Å². The van der Waals surface area contributed by atoms with Gasteiger partial charge in [-0.2, -0.15) is 0 Å². The third-order valence-corrected chi connectivity index (χ3v) is 3.81. The third kappa shape index (κ3) is 4.72. The van der Waals surface area contributed by atoms with Gasteiger partial charge in [-0.1, -0.05) is 28.1 Å². The van der Waals surface area contributed by atoms with Gasteiger partial charge in [-0.15, -0.1) is 0 Å². The first-order valence-electron chi connectivity index (χ1n) is 6.88. The van der Waals surface area contributed by atoms with E-state index in [1.54, 1.807) is 12.3 Å². The van der Waals surface area contributed by atoms with Gasteiger partial charge in [0.1, 0.15) is 5.76 Å². The highest BCUT2D eigenvalue weighted by atomic mass is 79.9. The summed E-state index contributed by atoms with van der Waals surface area (Å²) >= 11 is 3.41. The van der Waals surface area contributed by atoms with Crippen LogP contribution < -0.4 is 10.6 Å². The number of carbonyl (C=O) groups excluding carboxylic acids is 1. The SMILES string of the molecule is CC(N[C@H](C)c1ccc(Br)cc1)C(=O)NCc1ccco1. The first-order chi connectivity index (χ1) is 10.1. The number of halogens is 1. The summed E-state index contributed by atoms with van der Waals surface area (Å²) in [6.45, 7) is 4.30. The summed E-state index contributed by atoms with van der Waals surface area (Å²) in [5.74, 6) is 0.701. The van der Waals surface area contributed by atoms with Gasteiger partial charge in [0.15, 0.2) is 0 Å². The van der Waals surface area contributed by atoms with E-state index >= 15 is 0 Å². The summed E-state index contributed by atoms with van der Waals surface area (Å²) in [6, 6.07) is 11.5. The van der Waals surface area contributed by atoms with Crippen LogP contribution in [0.25, 0.3) is 0 Å². The van der Waals surface area contributed by atoms with E-state index in [0.717, 1.165) is 15.8 Å². The molecule has 4 nitrogen and oxygen atoms in total. The quantitative estimate of drug-likeness (QED) is 0.839. The Hall–Kier alpha value is -1.59. The van der Waals surface area contributed by atoms with E-state index in [0.29, 0.717) is 6.54 Å². The molecule has 2 atom stereocenters. The second-order valence-electron chi connectivity index (χ2n) is 4.96. The fraction of sp³-hybridized carbons (Fsp3) is 0.312. The molecule has 1 aromatic carbocycles. The molecule has 0 aliphatic heterocycles. The van der Waals surface area contributed by atoms with E-state index in [1.165, 1.54) is 0 Å². The van der Waals surface area contributed by atoms with Crippen LogP contribution in [-0.2, 0) is 11.3 Å². The second-order valence-corrected chi connectivity index (χ2v) is 5.87. The van der Waals surface area contributed by atoms with E-state index in [-0.39, 0.29) is 18.0 Å². The predicted octanol–water partition coefficient (Wildman–Crippen LogP) is 3.40. The average Bonchev–Trinajstić information content (AvgIpc) is 2.98. The molecule has 1 aromatic heterocycles. The molecule has 5 heteroatoms. The van der Waals surface area contributed by atoms with E-state index in [9.17, 15) is 4.79 Å². The predicted molar refractivity (Wildman–Crippen MR) is 85.7 cm³/mol. The van der Waals surface area contributed by atoms with Gasteiger partial charge < -0.3 is 9.73 Å². The number of nitrogens with one attached hydrogen (secondary N) is 2. The molecule has 1 unspecified atom stereocenters. The molecule has 2 N–H and O–H groups in total. The lowest BCUT2D eigenvalue weighted by molar-refractivity contribution is -0.123. The summed E-state index contributed by atoms with van der Waals surface area (Å²) < 4.78 is 6.23. The Bertz CT molecular complexity index is 566. The van der Waals surface area contributed by atoms with E-state index in [4.69, 9.17) is 4.42 Å². The number of furan rings is 1. The zero-order valence-corrected chi connectivity index (χ0v) is 13.7. The van der Waals surface area contributed by atoms with Crippen molar-refractivity contribution in [2.45, 2.75) is 32.5 Å². The number of rotatable bonds is 6. The first-order valence-corrected chi connectivity index (χ1v) is 7.67. The molecule has 112 valence electrons. The second kappa shape index (κ2) is 7.43. The van der Waals surface area contributed by atoms with Gasteiger partial charge in [-0.3, -0.25) is 10.1 Å². The minimum atomic E-state index is -0.279. The van der Waals surface area contributed by atoms with Crippen LogP contribution in [0.4, 0.5) is 0 Å². The molecular weight excluding hydrogens is 332 g/mol.